The summed E-state index contributed by atoms with van der Waals surface area (Å²) in [6, 6.07) is 32.6. The van der Waals surface area contributed by atoms with E-state index in [1.54, 1.807) is 0 Å². The molecule has 0 aromatic heterocycles. The summed E-state index contributed by atoms with van der Waals surface area (Å²) >= 11 is 0. The molecule has 35 heavy (non-hydrogen) atoms. The van der Waals surface area contributed by atoms with Gasteiger partial charge < -0.3 is 9.47 Å². The number of allylic oxidation sites excluding steroid dienone is 1. The molecule has 0 N–H and O–H groups in total. The first-order chi connectivity index (χ1) is 17.2. The van der Waals surface area contributed by atoms with Gasteiger partial charge in [-0.25, -0.2) is 0 Å². The molecule has 0 bridgehead atoms. The van der Waals surface area contributed by atoms with E-state index in [4.69, 9.17) is 9.47 Å². The van der Waals surface area contributed by atoms with Gasteiger partial charge in [-0.1, -0.05) is 84.9 Å². The zero-order valence-electron chi connectivity index (χ0n) is 19.5. The Hall–Kier alpha value is -4.15. The summed E-state index contributed by atoms with van der Waals surface area (Å²) in [5.41, 5.74) is 5.96. The second-order valence-electron chi connectivity index (χ2n) is 8.95. The van der Waals surface area contributed by atoms with E-state index in [2.05, 4.69) is 48.2 Å². The van der Waals surface area contributed by atoms with Crippen LogP contribution in [0.15, 0.2) is 103 Å². The van der Waals surface area contributed by atoms with Crippen molar-refractivity contribution in [3.05, 3.63) is 125 Å². The highest BCUT2D eigenvalue weighted by molar-refractivity contribution is 6.15. The summed E-state index contributed by atoms with van der Waals surface area (Å²) in [5.74, 6) is 1.64. The number of nitrogens with zero attached hydrogens (tertiary/aromatic N) is 1. The van der Waals surface area contributed by atoms with Gasteiger partial charge in [-0.3, -0.25) is 9.69 Å². The van der Waals surface area contributed by atoms with E-state index in [9.17, 15) is 4.79 Å². The fraction of sp³-hybridized carbons (Fsp3) is 0.129. The van der Waals surface area contributed by atoms with Crippen molar-refractivity contribution in [2.75, 3.05) is 6.73 Å². The van der Waals surface area contributed by atoms with Gasteiger partial charge in [0.1, 0.15) is 18.2 Å². The topological polar surface area (TPSA) is 38.8 Å². The van der Waals surface area contributed by atoms with Crippen LogP contribution in [0, 0.1) is 0 Å². The summed E-state index contributed by atoms with van der Waals surface area (Å²) in [6.45, 7) is 3.32. The largest absolute Gasteiger partial charge is 0.478 e. The van der Waals surface area contributed by atoms with Crippen LogP contribution in [-0.2, 0) is 6.54 Å². The number of Topliss-reactive ketones (excluding diaryl/α,β-unsaturated/α-hetero) is 1. The van der Waals surface area contributed by atoms with E-state index in [0.717, 1.165) is 28.0 Å². The number of carbonyl (C=O) groups is 1. The Morgan fingerprint density at radius 1 is 0.829 bits per heavy atom. The monoisotopic (exact) mass is 459 g/mol. The highest BCUT2D eigenvalue weighted by Gasteiger charge is 2.34. The van der Waals surface area contributed by atoms with Crippen molar-refractivity contribution >= 4 is 11.9 Å². The van der Waals surface area contributed by atoms with Crippen molar-refractivity contribution in [2.45, 2.75) is 19.5 Å². The molecule has 6 rings (SSSR count). The maximum Gasteiger partial charge on any atom is 0.231 e. The van der Waals surface area contributed by atoms with Crippen molar-refractivity contribution in [1.29, 1.82) is 0 Å². The smallest absolute Gasteiger partial charge is 0.231 e. The van der Waals surface area contributed by atoms with Gasteiger partial charge >= 0.3 is 0 Å². The summed E-state index contributed by atoms with van der Waals surface area (Å²) in [5, 5.41) is 0. The van der Waals surface area contributed by atoms with Crippen molar-refractivity contribution in [2.24, 2.45) is 0 Å². The SMILES string of the molecule is CC(c1ccccc1)N1COc2ccc3c(c2C1)O/C(=C\c1ccc(-c2ccccc2)cc1)C3=O. The maximum atomic E-state index is 13.2. The lowest BCUT2D eigenvalue weighted by atomic mass is 10.0. The van der Waals surface area contributed by atoms with Gasteiger partial charge in [-0.15, -0.1) is 0 Å². The Morgan fingerprint density at radius 3 is 2.26 bits per heavy atom. The number of hydrogen-bond donors (Lipinski definition) is 0. The highest BCUT2D eigenvalue weighted by Crippen LogP contribution is 2.43. The first-order valence-electron chi connectivity index (χ1n) is 11.8. The molecule has 4 aromatic carbocycles. The molecule has 172 valence electrons. The van der Waals surface area contributed by atoms with Crippen LogP contribution in [0.5, 0.6) is 11.5 Å². The number of carbonyl (C=O) groups excluding carboxylic acids is 1. The number of ether oxygens (including phenoxy) is 2. The third kappa shape index (κ3) is 4.02. The number of fused-ring (bicyclic) bond motifs is 3. The van der Waals surface area contributed by atoms with E-state index in [-0.39, 0.29) is 11.8 Å². The molecule has 0 radical (unpaired) electrons. The van der Waals surface area contributed by atoms with Crippen LogP contribution in [0.1, 0.15) is 40.0 Å². The van der Waals surface area contributed by atoms with Crippen LogP contribution in [0.2, 0.25) is 0 Å². The average Bonchev–Trinajstić information content (AvgIpc) is 3.24. The molecule has 0 fully saturated rings. The molecular formula is C31H25NO3. The van der Waals surface area contributed by atoms with Crippen LogP contribution in [0.25, 0.3) is 17.2 Å². The first-order valence-corrected chi connectivity index (χ1v) is 11.8. The van der Waals surface area contributed by atoms with Crippen LogP contribution in [0.4, 0.5) is 0 Å². The van der Waals surface area contributed by atoms with E-state index in [1.165, 1.54) is 5.56 Å². The van der Waals surface area contributed by atoms with E-state index >= 15 is 0 Å². The minimum absolute atomic E-state index is 0.0943. The van der Waals surface area contributed by atoms with Gasteiger partial charge in [0.25, 0.3) is 0 Å². The molecule has 4 heteroatoms. The predicted molar refractivity (Wildman–Crippen MR) is 137 cm³/mol. The zero-order chi connectivity index (χ0) is 23.8. The lowest BCUT2D eigenvalue weighted by molar-refractivity contribution is 0.0606. The fourth-order valence-corrected chi connectivity index (χ4v) is 4.72. The molecule has 2 heterocycles. The summed E-state index contributed by atoms with van der Waals surface area (Å²) in [4.78, 5) is 15.4. The van der Waals surface area contributed by atoms with Crippen LogP contribution in [-0.4, -0.2) is 17.4 Å². The normalized spacial score (nSPS) is 16.8. The third-order valence-electron chi connectivity index (χ3n) is 6.79. The lowest BCUT2D eigenvalue weighted by Crippen LogP contribution is -2.34. The summed E-state index contributed by atoms with van der Waals surface area (Å²) in [6.07, 6.45) is 1.82. The lowest BCUT2D eigenvalue weighted by Gasteiger charge is -2.34. The van der Waals surface area contributed by atoms with Crippen molar-refractivity contribution < 1.29 is 14.3 Å². The Bertz CT molecular complexity index is 1410. The van der Waals surface area contributed by atoms with Crippen molar-refractivity contribution in [3.8, 4) is 22.6 Å². The van der Waals surface area contributed by atoms with Crippen molar-refractivity contribution in [3.63, 3.8) is 0 Å². The van der Waals surface area contributed by atoms with E-state index in [0.29, 0.717) is 30.3 Å². The molecular weight excluding hydrogens is 434 g/mol. The van der Waals surface area contributed by atoms with E-state index in [1.807, 2.05) is 66.7 Å². The Morgan fingerprint density at radius 2 is 1.51 bits per heavy atom. The van der Waals surface area contributed by atoms with Gasteiger partial charge in [0, 0.05) is 12.6 Å². The van der Waals surface area contributed by atoms with Crippen LogP contribution >= 0.6 is 0 Å². The Labute approximate surface area is 205 Å². The number of benzene rings is 4. The fourth-order valence-electron chi connectivity index (χ4n) is 4.72. The Kier molecular flexibility index (Phi) is 5.44. The molecule has 2 aliphatic heterocycles. The first kappa shape index (κ1) is 21.4. The zero-order valence-corrected chi connectivity index (χ0v) is 19.5. The second-order valence-corrected chi connectivity index (χ2v) is 8.95. The standard InChI is InChI=1S/C31H25NO3/c1-21(23-8-4-2-5-9-23)32-19-27-28(34-20-32)17-16-26-30(33)29(35-31(26)27)18-22-12-14-25(15-13-22)24-10-6-3-7-11-24/h2-18,21H,19-20H2,1H3/b29-18-. The molecule has 4 nitrogen and oxygen atoms in total. The van der Waals surface area contributed by atoms with Gasteiger partial charge in [0.05, 0.1) is 11.1 Å². The number of hydrogen-bond acceptors (Lipinski definition) is 4. The predicted octanol–water partition coefficient (Wildman–Crippen LogP) is 6.88. The molecule has 0 saturated carbocycles. The third-order valence-corrected chi connectivity index (χ3v) is 6.79. The maximum absolute atomic E-state index is 13.2. The van der Waals surface area contributed by atoms with E-state index < -0.39 is 0 Å². The summed E-state index contributed by atoms with van der Waals surface area (Å²) < 4.78 is 12.2. The number of rotatable bonds is 4. The van der Waals surface area contributed by atoms with Gasteiger partial charge in [-0.2, -0.15) is 0 Å². The summed E-state index contributed by atoms with van der Waals surface area (Å²) in [7, 11) is 0. The van der Waals surface area contributed by atoms with Gasteiger partial charge in [-0.05, 0) is 47.4 Å². The molecule has 1 unspecified atom stereocenters. The molecule has 0 saturated heterocycles. The molecule has 1 atom stereocenters. The van der Waals surface area contributed by atoms with Gasteiger partial charge in [0.2, 0.25) is 5.78 Å². The average molecular weight is 460 g/mol. The van der Waals surface area contributed by atoms with Crippen LogP contribution in [0.3, 0.4) is 0 Å². The molecule has 0 amide bonds. The number of ketones is 1. The highest BCUT2D eigenvalue weighted by atomic mass is 16.5. The minimum Gasteiger partial charge on any atom is -0.478 e. The molecule has 0 spiro atoms. The Balaban J connectivity index is 1.26. The van der Waals surface area contributed by atoms with Crippen LogP contribution < -0.4 is 9.47 Å². The second kappa shape index (κ2) is 8.90. The van der Waals surface area contributed by atoms with Crippen molar-refractivity contribution in [1.82, 2.24) is 4.90 Å². The molecule has 0 aliphatic carbocycles. The molecule has 2 aliphatic rings. The van der Waals surface area contributed by atoms with Gasteiger partial charge in [0.15, 0.2) is 5.76 Å². The molecule has 4 aromatic rings. The quantitative estimate of drug-likeness (QED) is 0.312. The minimum atomic E-state index is -0.0943.